The van der Waals surface area contributed by atoms with Gasteiger partial charge in [0.05, 0.1) is 0 Å². The van der Waals surface area contributed by atoms with Crippen molar-refractivity contribution < 1.29 is 24.4 Å². The Morgan fingerprint density at radius 2 is 1.86 bits per heavy atom. The van der Waals surface area contributed by atoms with Crippen LogP contribution in [0.4, 0.5) is 0 Å². The van der Waals surface area contributed by atoms with Crippen molar-refractivity contribution in [2.45, 2.75) is 20.0 Å². The zero-order chi connectivity index (χ0) is 5.86. The summed E-state index contributed by atoms with van der Waals surface area (Å²) in [6.07, 6.45) is -0.254. The quantitative estimate of drug-likeness (QED) is 0.453. The van der Waals surface area contributed by atoms with Gasteiger partial charge in [0.2, 0.25) is 0 Å². The second kappa shape index (κ2) is 3.21. The van der Waals surface area contributed by atoms with Crippen LogP contribution in [0.3, 0.4) is 0 Å². The Balaban J connectivity index is 2.95. The molecule has 0 amide bonds. The maximum atomic E-state index is 9.55. The molecule has 3 nitrogen and oxygen atoms in total. The van der Waals surface area contributed by atoms with Crippen LogP contribution < -0.4 is 9.32 Å². The minimum absolute atomic E-state index is 0.254. The topological polar surface area (TPSA) is 55.3 Å². The Bertz CT molecular complexity index is 39.4. The Morgan fingerprint density at radius 3 is 1.86 bits per heavy atom. The van der Waals surface area contributed by atoms with Gasteiger partial charge in [-0.2, -0.15) is 0 Å². The van der Waals surface area contributed by atoms with Crippen molar-refractivity contribution in [1.82, 2.24) is 0 Å². The number of rotatable bonds is 2. The molecule has 0 aliphatic heterocycles. The van der Waals surface area contributed by atoms with Gasteiger partial charge in [0, 0.05) is 4.29 Å². The minimum atomic E-state index is -2.05. The summed E-state index contributed by atoms with van der Waals surface area (Å²) >= 11 is 0. The number of hydrogen-bond donors (Lipinski definition) is 0. The zero-order valence-electron chi connectivity index (χ0n) is 4.18. The van der Waals surface area contributed by atoms with Crippen molar-refractivity contribution >= 4 is 0 Å². The van der Waals surface area contributed by atoms with E-state index in [-0.39, 0.29) is 6.10 Å². The molecule has 0 unspecified atom stereocenters. The third-order valence-corrected chi connectivity index (χ3v) is 0.753. The molecule has 0 aliphatic carbocycles. The molecule has 0 N–H and O–H groups in total. The van der Waals surface area contributed by atoms with Crippen LogP contribution >= 0.6 is 0 Å². The van der Waals surface area contributed by atoms with Crippen LogP contribution in [-0.2, 0) is 4.29 Å². The summed E-state index contributed by atoms with van der Waals surface area (Å²) in [6.45, 7) is 3.28. The molecule has 0 aromatic rings. The lowest BCUT2D eigenvalue weighted by atomic mass is 10.5. The number of halogens is 1. The Hall–Kier alpha value is 0.170. The molecule has 0 heterocycles. The summed E-state index contributed by atoms with van der Waals surface area (Å²) in [5.74, 6) is 0. The van der Waals surface area contributed by atoms with E-state index >= 15 is 0 Å². The molecule has 0 fully saturated rings. The fraction of sp³-hybridized carbons (Fsp3) is 1.00. The Morgan fingerprint density at radius 1 is 1.43 bits per heavy atom. The highest BCUT2D eigenvalue weighted by Gasteiger charge is 2.09. The highest BCUT2D eigenvalue weighted by atomic mass is 35.6. The van der Waals surface area contributed by atoms with Crippen molar-refractivity contribution in [2.24, 2.45) is 0 Å². The van der Waals surface area contributed by atoms with Gasteiger partial charge in [0.15, 0.2) is 6.10 Å². The second-order valence-corrected chi connectivity index (χ2v) is 1.88. The lowest BCUT2D eigenvalue weighted by Gasteiger charge is -1.94. The minimum Gasteiger partial charge on any atom is -0.320 e. The summed E-state index contributed by atoms with van der Waals surface area (Å²) in [6, 6.07) is 0. The molecule has 7 heavy (non-hydrogen) atoms. The van der Waals surface area contributed by atoms with Crippen molar-refractivity contribution in [2.75, 3.05) is 0 Å². The Labute approximate surface area is 45.3 Å². The van der Waals surface area contributed by atoms with Crippen LogP contribution in [-0.4, -0.2) is 6.10 Å². The molecule has 0 atom stereocenters. The predicted molar refractivity (Wildman–Crippen MR) is 16.2 cm³/mol. The van der Waals surface area contributed by atoms with Gasteiger partial charge in [0.25, 0.3) is 10.8 Å². The largest absolute Gasteiger partial charge is 0.320 e. The van der Waals surface area contributed by atoms with Crippen molar-refractivity contribution in [1.29, 1.82) is 0 Å². The van der Waals surface area contributed by atoms with Gasteiger partial charge in [0.1, 0.15) is 0 Å². The van der Waals surface area contributed by atoms with Gasteiger partial charge >= 0.3 is 0 Å². The van der Waals surface area contributed by atoms with Gasteiger partial charge < -0.3 is 9.32 Å². The predicted octanol–water partition coefficient (Wildman–Crippen LogP) is -1.50. The third-order valence-electron chi connectivity index (χ3n) is 0.251. The third kappa shape index (κ3) is 6.17. The molecule has 0 spiro atoms. The molecule has 0 aliphatic rings. The van der Waals surface area contributed by atoms with Gasteiger partial charge in [-0.05, 0) is 13.8 Å². The molecule has 0 bridgehead atoms. The maximum Gasteiger partial charge on any atom is 0.285 e. The molecule has 0 aromatic carbocycles. The lowest BCUT2D eigenvalue weighted by Crippen LogP contribution is -2.36. The van der Waals surface area contributed by atoms with Crippen LogP contribution in [0.25, 0.3) is 0 Å². The summed E-state index contributed by atoms with van der Waals surface area (Å²) in [4.78, 5) is 0. The molecular weight excluding hydrogens is 119 g/mol. The van der Waals surface area contributed by atoms with Crippen molar-refractivity contribution in [3.63, 3.8) is 0 Å². The van der Waals surface area contributed by atoms with Gasteiger partial charge in [-0.3, -0.25) is 0 Å². The summed E-state index contributed by atoms with van der Waals surface area (Å²) in [5.41, 5.74) is 0. The molecular formula is C3H7ClO3. The lowest BCUT2D eigenvalue weighted by molar-refractivity contribution is -1.63. The van der Waals surface area contributed by atoms with Crippen LogP contribution in [0.5, 0.6) is 0 Å². The summed E-state index contributed by atoms with van der Waals surface area (Å²) in [7, 11) is -2.05. The standard InChI is InChI=1S/C3H7ClO3/c1-3(2)7-4(5)6/h3H,1-2H3. The number of hydrogen-bond acceptors (Lipinski definition) is 3. The molecule has 44 valence electrons. The molecule has 0 aromatic heterocycles. The fourth-order valence-corrected chi connectivity index (χ4v) is 0.436. The van der Waals surface area contributed by atoms with Crippen LogP contribution in [0.2, 0.25) is 0 Å². The van der Waals surface area contributed by atoms with Crippen LogP contribution in [0.1, 0.15) is 13.8 Å². The fourth-order valence-electron chi connectivity index (χ4n) is 0.145. The Kier molecular flexibility index (Phi) is 3.29. The first-order valence-electron chi connectivity index (χ1n) is 1.85. The first-order valence-corrected chi connectivity index (χ1v) is 2.78. The smallest absolute Gasteiger partial charge is 0.285 e. The van der Waals surface area contributed by atoms with Crippen LogP contribution in [0, 0.1) is 10.8 Å². The second-order valence-electron chi connectivity index (χ2n) is 1.33. The first kappa shape index (κ1) is 7.17. The SMILES string of the molecule is CC(C)O[Cl+2]([O-])[O-]. The summed E-state index contributed by atoms with van der Waals surface area (Å²) < 4.78 is 23.2. The molecule has 0 rings (SSSR count). The highest BCUT2D eigenvalue weighted by Crippen LogP contribution is 1.87. The molecule has 4 heteroatoms. The van der Waals surface area contributed by atoms with E-state index in [1.54, 1.807) is 13.8 Å². The average molecular weight is 127 g/mol. The first-order chi connectivity index (χ1) is 3.13. The van der Waals surface area contributed by atoms with Gasteiger partial charge in [-0.25, -0.2) is 0 Å². The average Bonchev–Trinajstić information content (AvgIpc) is 1.27. The normalized spacial score (nSPS) is 11.1. The van der Waals surface area contributed by atoms with E-state index < -0.39 is 10.8 Å². The maximum absolute atomic E-state index is 9.55. The molecule has 0 saturated carbocycles. The zero-order valence-corrected chi connectivity index (χ0v) is 4.94. The van der Waals surface area contributed by atoms with Crippen molar-refractivity contribution in [3.05, 3.63) is 0 Å². The molecule has 0 radical (unpaired) electrons. The van der Waals surface area contributed by atoms with Crippen LogP contribution in [0.15, 0.2) is 0 Å². The van der Waals surface area contributed by atoms with Crippen molar-refractivity contribution in [3.8, 4) is 0 Å². The molecule has 0 saturated heterocycles. The van der Waals surface area contributed by atoms with E-state index in [2.05, 4.69) is 4.29 Å². The monoisotopic (exact) mass is 126 g/mol. The van der Waals surface area contributed by atoms with E-state index in [1.807, 2.05) is 0 Å². The van der Waals surface area contributed by atoms with E-state index in [9.17, 15) is 9.32 Å². The summed E-state index contributed by atoms with van der Waals surface area (Å²) in [5, 5.41) is 0. The van der Waals surface area contributed by atoms with E-state index in [0.29, 0.717) is 0 Å². The van der Waals surface area contributed by atoms with E-state index in [4.69, 9.17) is 0 Å². The highest BCUT2D eigenvalue weighted by molar-refractivity contribution is 4.23. The van der Waals surface area contributed by atoms with Gasteiger partial charge in [-0.15, -0.1) is 0 Å². The van der Waals surface area contributed by atoms with Gasteiger partial charge in [-0.1, -0.05) is 0 Å². The van der Waals surface area contributed by atoms with E-state index in [1.165, 1.54) is 0 Å². The van der Waals surface area contributed by atoms with E-state index in [0.717, 1.165) is 0 Å².